The Bertz CT molecular complexity index is 428. The van der Waals surface area contributed by atoms with Crippen LogP contribution in [-0.2, 0) is 0 Å². The average Bonchev–Trinajstić information content (AvgIpc) is 2.37. The van der Waals surface area contributed by atoms with E-state index in [0.29, 0.717) is 6.04 Å². The molecule has 0 aliphatic heterocycles. The van der Waals surface area contributed by atoms with Gasteiger partial charge in [-0.3, -0.25) is 0 Å². The van der Waals surface area contributed by atoms with Gasteiger partial charge >= 0.3 is 0 Å². The van der Waals surface area contributed by atoms with Crippen LogP contribution in [0, 0.1) is 18.8 Å². The second kappa shape index (κ2) is 8.19. The summed E-state index contributed by atoms with van der Waals surface area (Å²) >= 11 is 6.07. The van der Waals surface area contributed by atoms with Gasteiger partial charge in [-0.2, -0.15) is 0 Å². The highest BCUT2D eigenvalue weighted by atomic mass is 35.5. The smallest absolute Gasteiger partial charge is 0.0435 e. The monoisotopic (exact) mass is 263 g/mol. The van der Waals surface area contributed by atoms with Crippen LogP contribution in [0.5, 0.6) is 0 Å². The predicted octanol–water partition coefficient (Wildman–Crippen LogP) is 4.49. The number of benzene rings is 1. The number of halogens is 1. The van der Waals surface area contributed by atoms with Crippen molar-refractivity contribution in [2.45, 2.75) is 46.1 Å². The predicted molar refractivity (Wildman–Crippen MR) is 79.9 cm³/mol. The highest BCUT2D eigenvalue weighted by Gasteiger charge is 2.10. The molecule has 0 aliphatic carbocycles. The lowest BCUT2D eigenvalue weighted by Crippen LogP contribution is -2.22. The molecule has 1 atom stereocenters. The molecule has 0 saturated heterocycles. The Hall–Kier alpha value is -0.970. The zero-order valence-corrected chi connectivity index (χ0v) is 12.3. The highest BCUT2D eigenvalue weighted by molar-refractivity contribution is 6.31. The molecular formula is C16H22ClN. The minimum absolute atomic E-state index is 0.377. The van der Waals surface area contributed by atoms with Crippen LogP contribution in [0.1, 0.15) is 50.3 Å². The van der Waals surface area contributed by atoms with Gasteiger partial charge in [0.15, 0.2) is 0 Å². The van der Waals surface area contributed by atoms with Crippen molar-refractivity contribution in [3.05, 3.63) is 34.3 Å². The van der Waals surface area contributed by atoms with Crippen LogP contribution in [0.15, 0.2) is 18.2 Å². The maximum absolute atomic E-state index is 6.07. The number of hydrogen-bond acceptors (Lipinski definition) is 1. The summed E-state index contributed by atoms with van der Waals surface area (Å²) in [6.07, 6.45) is 3.12. The van der Waals surface area contributed by atoms with E-state index in [2.05, 4.69) is 43.1 Å². The van der Waals surface area contributed by atoms with Gasteiger partial charge in [-0.25, -0.2) is 0 Å². The summed E-state index contributed by atoms with van der Waals surface area (Å²) in [4.78, 5) is 0. The lowest BCUT2D eigenvalue weighted by atomic mass is 10.00. The summed E-state index contributed by atoms with van der Waals surface area (Å²) < 4.78 is 0. The van der Waals surface area contributed by atoms with Gasteiger partial charge in [0.1, 0.15) is 0 Å². The normalized spacial score (nSPS) is 11.8. The van der Waals surface area contributed by atoms with Gasteiger partial charge in [-0.15, -0.1) is 11.8 Å². The van der Waals surface area contributed by atoms with Crippen molar-refractivity contribution in [3.8, 4) is 11.8 Å². The topological polar surface area (TPSA) is 12.0 Å². The fourth-order valence-electron chi connectivity index (χ4n) is 1.93. The maximum atomic E-state index is 6.07. The molecule has 1 rings (SSSR count). The molecule has 18 heavy (non-hydrogen) atoms. The Morgan fingerprint density at radius 2 is 2.17 bits per heavy atom. The molecule has 1 nitrogen and oxygen atoms in total. The average molecular weight is 264 g/mol. The standard InChI is InChI=1S/C16H22ClN/c1-4-6-7-8-16(18-11-5-2)14-9-10-15(17)13(3)12-14/h9-10,12,16,18H,5,7-8,11H2,1-3H3. The molecule has 1 N–H and O–H groups in total. The number of hydrogen-bond donors (Lipinski definition) is 1. The van der Waals surface area contributed by atoms with Crippen LogP contribution >= 0.6 is 11.6 Å². The zero-order valence-electron chi connectivity index (χ0n) is 11.5. The summed E-state index contributed by atoms with van der Waals surface area (Å²) in [6, 6.07) is 6.65. The minimum Gasteiger partial charge on any atom is -0.310 e. The van der Waals surface area contributed by atoms with Crippen LogP contribution in [0.25, 0.3) is 0 Å². The number of rotatable bonds is 6. The van der Waals surface area contributed by atoms with Gasteiger partial charge < -0.3 is 5.32 Å². The molecule has 0 bridgehead atoms. The SMILES string of the molecule is CC#CCCC(NCCC)c1ccc(Cl)c(C)c1. The van der Waals surface area contributed by atoms with E-state index in [4.69, 9.17) is 11.6 Å². The molecule has 0 saturated carbocycles. The molecule has 0 heterocycles. The first-order valence-electron chi connectivity index (χ1n) is 6.58. The Balaban J connectivity index is 2.78. The number of aryl methyl sites for hydroxylation is 1. The lowest BCUT2D eigenvalue weighted by Gasteiger charge is -2.18. The van der Waals surface area contributed by atoms with Gasteiger partial charge in [0.25, 0.3) is 0 Å². The quantitative estimate of drug-likeness (QED) is 0.746. The third-order valence-corrected chi connectivity index (χ3v) is 3.38. The Kier molecular flexibility index (Phi) is 6.86. The van der Waals surface area contributed by atoms with E-state index in [1.807, 2.05) is 13.0 Å². The van der Waals surface area contributed by atoms with E-state index in [-0.39, 0.29) is 0 Å². The second-order valence-corrected chi connectivity index (χ2v) is 4.89. The van der Waals surface area contributed by atoms with Crippen molar-refractivity contribution in [2.75, 3.05) is 6.54 Å². The van der Waals surface area contributed by atoms with Crippen LogP contribution in [0.2, 0.25) is 5.02 Å². The Labute approximate surface area is 116 Å². The first-order chi connectivity index (χ1) is 8.69. The van der Waals surface area contributed by atoms with E-state index in [1.165, 1.54) is 5.56 Å². The minimum atomic E-state index is 0.377. The number of nitrogens with one attached hydrogen (secondary N) is 1. The summed E-state index contributed by atoms with van der Waals surface area (Å²) in [7, 11) is 0. The molecule has 0 aliphatic rings. The molecule has 1 aromatic rings. The van der Waals surface area contributed by atoms with Crippen LogP contribution < -0.4 is 5.32 Å². The molecule has 98 valence electrons. The molecular weight excluding hydrogens is 242 g/mol. The third kappa shape index (κ3) is 4.72. The van der Waals surface area contributed by atoms with E-state index in [1.54, 1.807) is 0 Å². The van der Waals surface area contributed by atoms with Crippen LogP contribution in [-0.4, -0.2) is 6.54 Å². The summed E-state index contributed by atoms with van der Waals surface area (Å²) in [6.45, 7) is 7.16. The van der Waals surface area contributed by atoms with Crippen molar-refractivity contribution >= 4 is 11.6 Å². The van der Waals surface area contributed by atoms with Gasteiger partial charge in [-0.1, -0.05) is 30.7 Å². The van der Waals surface area contributed by atoms with E-state index in [0.717, 1.165) is 36.4 Å². The summed E-state index contributed by atoms with van der Waals surface area (Å²) in [5.41, 5.74) is 2.45. The molecule has 0 radical (unpaired) electrons. The molecule has 0 aromatic heterocycles. The molecule has 0 fully saturated rings. The molecule has 2 heteroatoms. The van der Waals surface area contributed by atoms with Gasteiger partial charge in [-0.05, 0) is 50.4 Å². The van der Waals surface area contributed by atoms with E-state index >= 15 is 0 Å². The molecule has 0 spiro atoms. The van der Waals surface area contributed by atoms with Crippen LogP contribution in [0.4, 0.5) is 0 Å². The largest absolute Gasteiger partial charge is 0.310 e. The maximum Gasteiger partial charge on any atom is 0.0435 e. The third-order valence-electron chi connectivity index (χ3n) is 2.96. The van der Waals surface area contributed by atoms with E-state index in [9.17, 15) is 0 Å². The summed E-state index contributed by atoms with van der Waals surface area (Å²) in [5, 5.41) is 4.42. The van der Waals surface area contributed by atoms with Crippen molar-refractivity contribution in [2.24, 2.45) is 0 Å². The zero-order chi connectivity index (χ0) is 13.4. The molecule has 0 amide bonds. The summed E-state index contributed by atoms with van der Waals surface area (Å²) in [5.74, 6) is 6.09. The van der Waals surface area contributed by atoms with Gasteiger partial charge in [0, 0.05) is 17.5 Å². The van der Waals surface area contributed by atoms with Gasteiger partial charge in [0.05, 0.1) is 0 Å². The first-order valence-corrected chi connectivity index (χ1v) is 6.95. The Morgan fingerprint density at radius 3 is 2.78 bits per heavy atom. The van der Waals surface area contributed by atoms with Crippen molar-refractivity contribution in [1.29, 1.82) is 0 Å². The molecule has 1 unspecified atom stereocenters. The first kappa shape index (κ1) is 15.1. The molecule has 1 aromatic carbocycles. The van der Waals surface area contributed by atoms with Gasteiger partial charge in [0.2, 0.25) is 0 Å². The second-order valence-electron chi connectivity index (χ2n) is 4.48. The van der Waals surface area contributed by atoms with Crippen molar-refractivity contribution in [3.63, 3.8) is 0 Å². The fraction of sp³-hybridized carbons (Fsp3) is 0.500. The van der Waals surface area contributed by atoms with Crippen LogP contribution in [0.3, 0.4) is 0 Å². The fourth-order valence-corrected chi connectivity index (χ4v) is 2.05. The lowest BCUT2D eigenvalue weighted by molar-refractivity contribution is 0.505. The van der Waals surface area contributed by atoms with Crippen molar-refractivity contribution in [1.82, 2.24) is 5.32 Å². The Morgan fingerprint density at radius 1 is 1.39 bits per heavy atom. The van der Waals surface area contributed by atoms with Crippen molar-refractivity contribution < 1.29 is 0 Å². The highest BCUT2D eigenvalue weighted by Crippen LogP contribution is 2.23. The van der Waals surface area contributed by atoms with E-state index < -0.39 is 0 Å².